The molecule has 0 radical (unpaired) electrons. The number of hydrogen-bond donors (Lipinski definition) is 0. The quantitative estimate of drug-likeness (QED) is 0.659. The van der Waals surface area contributed by atoms with Crippen molar-refractivity contribution in [3.05, 3.63) is 47.5 Å². The Labute approximate surface area is 95.1 Å². The average molecular weight is 210 g/mol. The van der Waals surface area contributed by atoms with Gasteiger partial charge in [-0.3, -0.25) is 0 Å². The van der Waals surface area contributed by atoms with Gasteiger partial charge in [-0.1, -0.05) is 43.3 Å². The fourth-order valence-electron chi connectivity index (χ4n) is 2.90. The van der Waals surface area contributed by atoms with E-state index in [9.17, 15) is 4.79 Å². The summed E-state index contributed by atoms with van der Waals surface area (Å²) in [5.74, 6) is 0.270. The monoisotopic (exact) mass is 210 g/mol. The summed E-state index contributed by atoms with van der Waals surface area (Å²) in [7, 11) is 0. The smallest absolute Gasteiger partial charge is 0.130 e. The van der Waals surface area contributed by atoms with Gasteiger partial charge in [0.05, 0.1) is 5.41 Å². The molecule has 0 fully saturated rings. The van der Waals surface area contributed by atoms with Crippen LogP contribution >= 0.6 is 0 Å². The van der Waals surface area contributed by atoms with E-state index in [1.165, 1.54) is 21.9 Å². The molecule has 0 N–H and O–H groups in total. The molecule has 2 aromatic rings. The minimum absolute atomic E-state index is 0.270. The zero-order valence-electron chi connectivity index (χ0n) is 9.53. The van der Waals surface area contributed by atoms with Gasteiger partial charge in [0, 0.05) is 0 Å². The fraction of sp³-hybridized carbons (Fsp3) is 0.267. The lowest BCUT2D eigenvalue weighted by Crippen LogP contribution is -2.26. The first kappa shape index (κ1) is 9.59. The third-order valence-electron chi connectivity index (χ3n) is 4.13. The third kappa shape index (κ3) is 0.934. The van der Waals surface area contributed by atoms with Crippen LogP contribution in [0.25, 0.3) is 10.8 Å². The van der Waals surface area contributed by atoms with Crippen molar-refractivity contribution in [2.24, 2.45) is 0 Å². The van der Waals surface area contributed by atoms with E-state index in [2.05, 4.69) is 37.3 Å². The largest absolute Gasteiger partial charge is 0.302 e. The summed E-state index contributed by atoms with van der Waals surface area (Å²) in [6, 6.07) is 12.6. The van der Waals surface area contributed by atoms with Crippen molar-refractivity contribution in [3.8, 4) is 0 Å². The lowest BCUT2D eigenvalue weighted by atomic mass is 9.77. The summed E-state index contributed by atoms with van der Waals surface area (Å²) < 4.78 is 0. The molecule has 0 bridgehead atoms. The van der Waals surface area contributed by atoms with Crippen LogP contribution in [0.1, 0.15) is 30.9 Å². The second kappa shape index (κ2) is 2.94. The predicted octanol–water partition coefficient (Wildman–Crippen LogP) is 3.41. The molecule has 1 heteroatoms. The van der Waals surface area contributed by atoms with Crippen molar-refractivity contribution < 1.29 is 4.79 Å². The van der Waals surface area contributed by atoms with Gasteiger partial charge in [0.25, 0.3) is 0 Å². The van der Waals surface area contributed by atoms with E-state index >= 15 is 0 Å². The Morgan fingerprint density at radius 3 is 2.56 bits per heavy atom. The van der Waals surface area contributed by atoms with Crippen LogP contribution in [0, 0.1) is 0 Å². The van der Waals surface area contributed by atoms with E-state index in [1.807, 2.05) is 13.0 Å². The minimum atomic E-state index is -0.358. The van der Waals surface area contributed by atoms with Crippen LogP contribution in [0.4, 0.5) is 0 Å². The summed E-state index contributed by atoms with van der Waals surface area (Å²) in [6.45, 7) is 4.18. The van der Waals surface area contributed by atoms with Crippen molar-refractivity contribution in [3.63, 3.8) is 0 Å². The van der Waals surface area contributed by atoms with Crippen molar-refractivity contribution >= 4 is 17.1 Å². The molecule has 1 aliphatic rings. The lowest BCUT2D eigenvalue weighted by Gasteiger charge is -2.24. The van der Waals surface area contributed by atoms with E-state index < -0.39 is 0 Å². The molecule has 16 heavy (non-hydrogen) atoms. The molecular weight excluding hydrogens is 196 g/mol. The maximum atomic E-state index is 11.4. The van der Waals surface area contributed by atoms with Gasteiger partial charge < -0.3 is 4.79 Å². The Balaban J connectivity index is 2.49. The zero-order chi connectivity index (χ0) is 11.3. The Kier molecular flexibility index (Phi) is 1.76. The molecule has 2 aromatic carbocycles. The maximum Gasteiger partial charge on any atom is 0.130 e. The molecule has 2 atom stereocenters. The highest BCUT2D eigenvalue weighted by atomic mass is 16.1. The third-order valence-corrected chi connectivity index (χ3v) is 4.13. The summed E-state index contributed by atoms with van der Waals surface area (Å²) in [5.41, 5.74) is 2.13. The van der Waals surface area contributed by atoms with Crippen LogP contribution in [-0.2, 0) is 10.2 Å². The normalized spacial score (nSPS) is 27.2. The second-order valence-corrected chi connectivity index (χ2v) is 4.87. The number of hydrogen-bond acceptors (Lipinski definition) is 1. The maximum absolute atomic E-state index is 11.4. The van der Waals surface area contributed by atoms with Crippen molar-refractivity contribution in [1.82, 2.24) is 0 Å². The van der Waals surface area contributed by atoms with Crippen molar-refractivity contribution in [2.45, 2.75) is 25.2 Å². The van der Waals surface area contributed by atoms with E-state index in [-0.39, 0.29) is 11.3 Å². The van der Waals surface area contributed by atoms with Gasteiger partial charge in [-0.2, -0.15) is 0 Å². The number of carbonyl (C=O) groups excluding carboxylic acids is 1. The predicted molar refractivity (Wildman–Crippen MR) is 65.8 cm³/mol. The van der Waals surface area contributed by atoms with E-state index in [0.29, 0.717) is 0 Å². The lowest BCUT2D eigenvalue weighted by molar-refractivity contribution is -0.112. The highest BCUT2D eigenvalue weighted by molar-refractivity contribution is 5.97. The Bertz CT molecular complexity index is 580. The Morgan fingerprint density at radius 1 is 1.19 bits per heavy atom. The molecule has 0 aliphatic heterocycles. The van der Waals surface area contributed by atoms with Gasteiger partial charge in [-0.25, -0.2) is 0 Å². The molecule has 0 aromatic heterocycles. The van der Waals surface area contributed by atoms with Gasteiger partial charge >= 0.3 is 0 Å². The molecule has 0 saturated carbocycles. The van der Waals surface area contributed by atoms with Gasteiger partial charge in [0.2, 0.25) is 0 Å². The van der Waals surface area contributed by atoms with Gasteiger partial charge in [0.1, 0.15) is 6.29 Å². The van der Waals surface area contributed by atoms with E-state index in [4.69, 9.17) is 0 Å². The van der Waals surface area contributed by atoms with Crippen LogP contribution in [0.5, 0.6) is 0 Å². The van der Waals surface area contributed by atoms with Gasteiger partial charge in [0.15, 0.2) is 0 Å². The topological polar surface area (TPSA) is 17.1 Å². The zero-order valence-corrected chi connectivity index (χ0v) is 9.53. The highest BCUT2D eigenvalue weighted by Crippen LogP contribution is 2.49. The van der Waals surface area contributed by atoms with Crippen LogP contribution in [0.3, 0.4) is 0 Å². The SMILES string of the molecule is C[C@H]1c2cccc3cccc(c23)[C@]1(C)C=O. The van der Waals surface area contributed by atoms with Crippen molar-refractivity contribution in [1.29, 1.82) is 0 Å². The summed E-state index contributed by atoms with van der Waals surface area (Å²) in [6.07, 6.45) is 1.10. The first-order valence-electron chi connectivity index (χ1n) is 5.67. The standard InChI is InChI=1S/C15H14O/c1-10-12-7-3-5-11-6-4-8-13(14(11)12)15(10,2)9-16/h3-10H,1-2H3/t10-,15+/m0/s1. The minimum Gasteiger partial charge on any atom is -0.302 e. The molecular formula is C15H14O. The number of carbonyl (C=O) groups is 1. The summed E-state index contributed by atoms with van der Waals surface area (Å²) in [4.78, 5) is 11.4. The molecule has 0 heterocycles. The Morgan fingerprint density at radius 2 is 1.88 bits per heavy atom. The second-order valence-electron chi connectivity index (χ2n) is 4.87. The molecule has 1 nitrogen and oxygen atoms in total. The van der Waals surface area contributed by atoms with Gasteiger partial charge in [-0.15, -0.1) is 0 Å². The number of aldehydes is 1. The number of rotatable bonds is 1. The average Bonchev–Trinajstić information content (AvgIpc) is 2.55. The van der Waals surface area contributed by atoms with Gasteiger partial charge in [-0.05, 0) is 34.7 Å². The summed E-state index contributed by atoms with van der Waals surface area (Å²) in [5, 5.41) is 2.53. The fourth-order valence-corrected chi connectivity index (χ4v) is 2.90. The molecule has 3 rings (SSSR count). The van der Waals surface area contributed by atoms with Crippen LogP contribution in [-0.4, -0.2) is 6.29 Å². The van der Waals surface area contributed by atoms with E-state index in [0.717, 1.165) is 6.29 Å². The highest BCUT2D eigenvalue weighted by Gasteiger charge is 2.41. The molecule has 1 aliphatic carbocycles. The summed E-state index contributed by atoms with van der Waals surface area (Å²) >= 11 is 0. The molecule has 0 spiro atoms. The Hall–Kier alpha value is -1.63. The van der Waals surface area contributed by atoms with Crippen LogP contribution in [0.2, 0.25) is 0 Å². The van der Waals surface area contributed by atoms with Crippen LogP contribution < -0.4 is 0 Å². The van der Waals surface area contributed by atoms with Crippen LogP contribution in [0.15, 0.2) is 36.4 Å². The van der Waals surface area contributed by atoms with E-state index in [1.54, 1.807) is 0 Å². The molecule has 0 amide bonds. The first-order chi connectivity index (χ1) is 7.68. The van der Waals surface area contributed by atoms with Crippen molar-refractivity contribution in [2.75, 3.05) is 0 Å². The number of benzene rings is 2. The first-order valence-corrected chi connectivity index (χ1v) is 5.67. The molecule has 0 saturated heterocycles. The molecule has 80 valence electrons. The molecule has 0 unspecified atom stereocenters.